The molecular weight excluding hydrogens is 476 g/mol. The summed E-state index contributed by atoms with van der Waals surface area (Å²) in [5, 5.41) is 3.43. The maximum atomic E-state index is 13.6. The number of carbonyl (C=O) groups is 2. The van der Waals surface area contributed by atoms with Crippen molar-refractivity contribution < 1.29 is 19.1 Å². The highest BCUT2D eigenvalue weighted by Crippen LogP contribution is 2.27. The van der Waals surface area contributed by atoms with Crippen LogP contribution in [-0.4, -0.2) is 37.0 Å². The second-order valence-electron chi connectivity index (χ2n) is 8.88. The van der Waals surface area contributed by atoms with Crippen LogP contribution in [0.1, 0.15) is 37.4 Å². The number of nitrogens with zero attached hydrogens (tertiary/aromatic N) is 1. The largest absolute Gasteiger partial charge is 0.497 e. The first-order valence-electron chi connectivity index (χ1n) is 12.0. The molecule has 36 heavy (non-hydrogen) atoms. The molecule has 0 radical (unpaired) electrons. The molecular formula is C29H33ClN2O4. The van der Waals surface area contributed by atoms with E-state index in [-0.39, 0.29) is 25.0 Å². The molecule has 0 aliphatic rings. The number of methoxy groups -OCH3 is 1. The third-order valence-electron chi connectivity index (χ3n) is 5.72. The molecule has 7 heteroatoms. The van der Waals surface area contributed by atoms with E-state index in [0.29, 0.717) is 29.0 Å². The summed E-state index contributed by atoms with van der Waals surface area (Å²) in [5.74, 6) is 1.00. The second-order valence-corrected chi connectivity index (χ2v) is 9.28. The Morgan fingerprint density at radius 2 is 1.61 bits per heavy atom. The number of ether oxygens (including phenoxy) is 2. The Balaban J connectivity index is 1.92. The van der Waals surface area contributed by atoms with Gasteiger partial charge in [-0.3, -0.25) is 9.59 Å². The Labute approximate surface area is 218 Å². The van der Waals surface area contributed by atoms with Crippen LogP contribution in [0, 0.1) is 5.92 Å². The summed E-state index contributed by atoms with van der Waals surface area (Å²) in [7, 11) is 1.60. The molecule has 6 nitrogen and oxygen atoms in total. The molecule has 1 atom stereocenters. The van der Waals surface area contributed by atoms with Crippen LogP contribution < -0.4 is 14.8 Å². The minimum absolute atomic E-state index is 0.214. The fourth-order valence-corrected chi connectivity index (χ4v) is 3.91. The van der Waals surface area contributed by atoms with Crippen molar-refractivity contribution in [3.8, 4) is 11.5 Å². The Morgan fingerprint density at radius 1 is 0.944 bits per heavy atom. The molecule has 0 aliphatic heterocycles. The van der Waals surface area contributed by atoms with E-state index in [1.807, 2.05) is 54.6 Å². The lowest BCUT2D eigenvalue weighted by atomic mass is 10.0. The van der Waals surface area contributed by atoms with Gasteiger partial charge < -0.3 is 19.7 Å². The predicted octanol–water partition coefficient (Wildman–Crippen LogP) is 5.66. The van der Waals surface area contributed by atoms with Gasteiger partial charge >= 0.3 is 0 Å². The van der Waals surface area contributed by atoms with Gasteiger partial charge in [0, 0.05) is 13.1 Å². The smallest absolute Gasteiger partial charge is 0.261 e. The zero-order valence-corrected chi connectivity index (χ0v) is 21.7. The molecule has 0 saturated heterocycles. The second kappa shape index (κ2) is 13.5. The molecule has 0 aromatic heterocycles. The minimum Gasteiger partial charge on any atom is -0.497 e. The number of halogens is 1. The van der Waals surface area contributed by atoms with E-state index in [2.05, 4.69) is 19.2 Å². The van der Waals surface area contributed by atoms with Crippen LogP contribution in [0.5, 0.6) is 11.5 Å². The molecule has 3 rings (SSSR count). The van der Waals surface area contributed by atoms with Crippen molar-refractivity contribution in [2.45, 2.75) is 32.9 Å². The van der Waals surface area contributed by atoms with Gasteiger partial charge in [0.1, 0.15) is 17.5 Å². The fourth-order valence-electron chi connectivity index (χ4n) is 3.72. The average Bonchev–Trinajstić information content (AvgIpc) is 2.88. The molecule has 0 aliphatic carbocycles. The van der Waals surface area contributed by atoms with Crippen molar-refractivity contribution in [3.63, 3.8) is 0 Å². The van der Waals surface area contributed by atoms with Crippen LogP contribution in [0.25, 0.3) is 0 Å². The van der Waals surface area contributed by atoms with Crippen molar-refractivity contribution in [2.24, 2.45) is 5.92 Å². The molecule has 0 bridgehead atoms. The third kappa shape index (κ3) is 7.75. The number of hydrogen-bond donors (Lipinski definition) is 1. The van der Waals surface area contributed by atoms with Crippen molar-refractivity contribution in [1.82, 2.24) is 10.2 Å². The van der Waals surface area contributed by atoms with E-state index in [9.17, 15) is 9.59 Å². The number of benzene rings is 3. The zero-order valence-electron chi connectivity index (χ0n) is 20.9. The van der Waals surface area contributed by atoms with Crippen LogP contribution in [-0.2, 0) is 16.1 Å². The number of amides is 2. The van der Waals surface area contributed by atoms with Crippen LogP contribution >= 0.6 is 11.6 Å². The maximum Gasteiger partial charge on any atom is 0.261 e. The zero-order chi connectivity index (χ0) is 25.9. The van der Waals surface area contributed by atoms with Gasteiger partial charge in [-0.05, 0) is 47.7 Å². The van der Waals surface area contributed by atoms with Crippen LogP contribution in [0.4, 0.5) is 0 Å². The lowest BCUT2D eigenvalue weighted by Crippen LogP contribution is -2.45. The summed E-state index contributed by atoms with van der Waals surface area (Å²) in [6.45, 7) is 4.69. The van der Waals surface area contributed by atoms with Crippen LogP contribution in [0.3, 0.4) is 0 Å². The standard InChI is InChI=1S/C29H33ClN2O4/c1-21(2)17-18-31-29(34)28(23-9-5-4-6-10-23)32(19-22-13-15-24(35-3)16-14-22)27(33)20-36-26-12-8-7-11-25(26)30/h4-16,21,28H,17-20H2,1-3H3,(H,31,34)/t28-/m0/s1. The predicted molar refractivity (Wildman–Crippen MR) is 142 cm³/mol. The van der Waals surface area contributed by atoms with Gasteiger partial charge in [0.25, 0.3) is 5.91 Å². The van der Waals surface area contributed by atoms with Crippen molar-refractivity contribution in [2.75, 3.05) is 20.3 Å². The summed E-state index contributed by atoms with van der Waals surface area (Å²) < 4.78 is 11.0. The van der Waals surface area contributed by atoms with Gasteiger partial charge in [-0.25, -0.2) is 0 Å². The highest BCUT2D eigenvalue weighted by atomic mass is 35.5. The van der Waals surface area contributed by atoms with E-state index in [1.165, 1.54) is 0 Å². The number of hydrogen-bond acceptors (Lipinski definition) is 4. The van der Waals surface area contributed by atoms with E-state index >= 15 is 0 Å². The summed E-state index contributed by atoms with van der Waals surface area (Å²) in [6.07, 6.45) is 0.843. The Hall–Kier alpha value is -3.51. The first-order valence-corrected chi connectivity index (χ1v) is 12.4. The van der Waals surface area contributed by atoms with Gasteiger partial charge in [-0.1, -0.05) is 80.0 Å². The van der Waals surface area contributed by atoms with Crippen LogP contribution in [0.2, 0.25) is 5.02 Å². The Bertz CT molecular complexity index is 1120. The Kier molecular flexibility index (Phi) is 10.2. The highest BCUT2D eigenvalue weighted by Gasteiger charge is 2.31. The van der Waals surface area contributed by atoms with Gasteiger partial charge in [-0.15, -0.1) is 0 Å². The quantitative estimate of drug-likeness (QED) is 0.343. The number of carbonyl (C=O) groups excluding carboxylic acids is 2. The molecule has 1 N–H and O–H groups in total. The molecule has 0 spiro atoms. The monoisotopic (exact) mass is 508 g/mol. The van der Waals surface area contributed by atoms with Gasteiger partial charge in [-0.2, -0.15) is 0 Å². The number of para-hydroxylation sites is 1. The van der Waals surface area contributed by atoms with Gasteiger partial charge in [0.15, 0.2) is 6.61 Å². The summed E-state index contributed by atoms with van der Waals surface area (Å²) in [6, 6.07) is 22.9. The topological polar surface area (TPSA) is 67.9 Å². The highest BCUT2D eigenvalue weighted by molar-refractivity contribution is 6.32. The van der Waals surface area contributed by atoms with E-state index in [4.69, 9.17) is 21.1 Å². The summed E-state index contributed by atoms with van der Waals surface area (Å²) in [5.41, 5.74) is 1.58. The molecule has 190 valence electrons. The third-order valence-corrected chi connectivity index (χ3v) is 6.03. The van der Waals surface area contributed by atoms with Gasteiger partial charge in [0.2, 0.25) is 5.91 Å². The first kappa shape index (κ1) is 27.1. The molecule has 0 saturated carbocycles. The molecule has 3 aromatic rings. The molecule has 0 heterocycles. The van der Waals surface area contributed by atoms with Crippen molar-refractivity contribution in [1.29, 1.82) is 0 Å². The molecule has 0 unspecified atom stereocenters. The summed E-state index contributed by atoms with van der Waals surface area (Å²) in [4.78, 5) is 28.7. The van der Waals surface area contributed by atoms with E-state index < -0.39 is 6.04 Å². The van der Waals surface area contributed by atoms with Crippen LogP contribution in [0.15, 0.2) is 78.9 Å². The summed E-state index contributed by atoms with van der Waals surface area (Å²) >= 11 is 6.21. The maximum absolute atomic E-state index is 13.6. The normalized spacial score (nSPS) is 11.6. The first-order chi connectivity index (χ1) is 17.4. The molecule has 3 aromatic carbocycles. The van der Waals surface area contributed by atoms with E-state index in [0.717, 1.165) is 17.5 Å². The molecule has 2 amide bonds. The van der Waals surface area contributed by atoms with Crippen molar-refractivity contribution >= 4 is 23.4 Å². The minimum atomic E-state index is -0.831. The average molecular weight is 509 g/mol. The lowest BCUT2D eigenvalue weighted by Gasteiger charge is -2.31. The molecule has 0 fully saturated rings. The lowest BCUT2D eigenvalue weighted by molar-refractivity contribution is -0.143. The van der Waals surface area contributed by atoms with Crippen molar-refractivity contribution in [3.05, 3.63) is 95.0 Å². The number of rotatable bonds is 12. The van der Waals surface area contributed by atoms with Gasteiger partial charge in [0.05, 0.1) is 12.1 Å². The Morgan fingerprint density at radius 3 is 2.25 bits per heavy atom. The fraction of sp³-hybridized carbons (Fsp3) is 0.310. The van der Waals surface area contributed by atoms with E-state index in [1.54, 1.807) is 36.3 Å². The number of nitrogens with one attached hydrogen (secondary N) is 1. The SMILES string of the molecule is COc1ccc(CN(C(=O)COc2ccccc2Cl)[C@H](C(=O)NCCC(C)C)c2ccccc2)cc1.